The van der Waals surface area contributed by atoms with Crippen molar-refractivity contribution in [2.24, 2.45) is 0 Å². The molecular formula is C30H31NO4. The third-order valence-electron chi connectivity index (χ3n) is 6.46. The van der Waals surface area contributed by atoms with Gasteiger partial charge < -0.3 is 14.7 Å². The van der Waals surface area contributed by atoms with Crippen LogP contribution < -0.4 is 4.74 Å². The van der Waals surface area contributed by atoms with Crippen LogP contribution in [0.1, 0.15) is 53.6 Å². The average molecular weight is 470 g/mol. The number of likely N-dealkylation sites (tertiary alicyclic amines) is 1. The molecule has 1 atom stereocenters. The van der Waals surface area contributed by atoms with Crippen LogP contribution in [0.4, 0.5) is 0 Å². The van der Waals surface area contributed by atoms with Gasteiger partial charge in [-0.2, -0.15) is 0 Å². The van der Waals surface area contributed by atoms with Gasteiger partial charge in [0, 0.05) is 12.1 Å². The summed E-state index contributed by atoms with van der Waals surface area (Å²) in [5, 5.41) is 11.3. The van der Waals surface area contributed by atoms with Gasteiger partial charge in [-0.3, -0.25) is 9.59 Å². The molecule has 35 heavy (non-hydrogen) atoms. The summed E-state index contributed by atoms with van der Waals surface area (Å²) in [5.41, 5.74) is 4.33. The predicted molar refractivity (Wildman–Crippen MR) is 137 cm³/mol. The monoisotopic (exact) mass is 469 g/mol. The van der Waals surface area contributed by atoms with E-state index in [0.717, 1.165) is 35.1 Å². The zero-order valence-corrected chi connectivity index (χ0v) is 20.5. The van der Waals surface area contributed by atoms with Crippen molar-refractivity contribution in [2.45, 2.75) is 46.3 Å². The van der Waals surface area contributed by atoms with E-state index in [1.807, 2.05) is 75.4 Å². The molecule has 180 valence electrons. The molecule has 1 fully saturated rings. The first-order valence-corrected chi connectivity index (χ1v) is 12.0. The number of benzene rings is 3. The zero-order chi connectivity index (χ0) is 24.9. The minimum Gasteiger partial charge on any atom is -0.507 e. The number of unbranched alkanes of at least 4 members (excludes halogenated alkanes) is 1. The highest BCUT2D eigenvalue weighted by Gasteiger charge is 2.46. The van der Waals surface area contributed by atoms with E-state index in [1.165, 1.54) is 0 Å². The normalized spacial score (nSPS) is 17.1. The highest BCUT2D eigenvalue weighted by atomic mass is 16.5. The van der Waals surface area contributed by atoms with Gasteiger partial charge >= 0.3 is 0 Å². The number of carbonyl (C=O) groups excluding carboxylic acids is 2. The molecule has 1 aliphatic rings. The predicted octanol–water partition coefficient (Wildman–Crippen LogP) is 6.10. The highest BCUT2D eigenvalue weighted by Crippen LogP contribution is 2.41. The van der Waals surface area contributed by atoms with E-state index < -0.39 is 17.7 Å². The first kappa shape index (κ1) is 24.3. The van der Waals surface area contributed by atoms with Crippen molar-refractivity contribution in [1.29, 1.82) is 0 Å². The Morgan fingerprint density at radius 2 is 1.66 bits per heavy atom. The highest BCUT2D eigenvalue weighted by molar-refractivity contribution is 6.46. The first-order chi connectivity index (χ1) is 16.9. The van der Waals surface area contributed by atoms with E-state index in [1.54, 1.807) is 23.1 Å². The Kier molecular flexibility index (Phi) is 7.35. The van der Waals surface area contributed by atoms with Crippen LogP contribution in [-0.4, -0.2) is 28.2 Å². The zero-order valence-electron chi connectivity index (χ0n) is 20.5. The van der Waals surface area contributed by atoms with Crippen LogP contribution in [0.5, 0.6) is 5.75 Å². The van der Waals surface area contributed by atoms with Crippen LogP contribution in [0.25, 0.3) is 5.76 Å². The van der Waals surface area contributed by atoms with E-state index in [4.69, 9.17) is 4.74 Å². The second-order valence-corrected chi connectivity index (χ2v) is 8.96. The number of rotatable bonds is 8. The van der Waals surface area contributed by atoms with Gasteiger partial charge in [-0.15, -0.1) is 0 Å². The lowest BCUT2D eigenvalue weighted by molar-refractivity contribution is -0.139. The molecule has 5 heteroatoms. The standard InChI is InChI=1S/C30H31NO4/c1-4-5-17-31-27(24-14-10-9-11-20(24)2)26(29(33)30(31)34)28(32)23-15-16-25(21(3)18-23)35-19-22-12-7-6-8-13-22/h6-16,18,27,32H,4-5,17,19H2,1-3H3/b28-26+. The van der Waals surface area contributed by atoms with Crippen molar-refractivity contribution in [3.05, 3.63) is 106 Å². The minimum absolute atomic E-state index is 0.137. The third kappa shape index (κ3) is 4.99. The van der Waals surface area contributed by atoms with Gasteiger partial charge in [0.05, 0.1) is 11.6 Å². The van der Waals surface area contributed by atoms with Gasteiger partial charge in [-0.1, -0.05) is 67.9 Å². The lowest BCUT2D eigenvalue weighted by Crippen LogP contribution is -2.30. The van der Waals surface area contributed by atoms with E-state index in [-0.39, 0.29) is 11.3 Å². The number of aliphatic hydroxyl groups is 1. The molecule has 1 aliphatic heterocycles. The number of aryl methyl sites for hydroxylation is 2. The van der Waals surface area contributed by atoms with Crippen molar-refractivity contribution in [2.75, 3.05) is 6.54 Å². The summed E-state index contributed by atoms with van der Waals surface area (Å²) in [7, 11) is 0. The first-order valence-electron chi connectivity index (χ1n) is 12.0. The number of aliphatic hydroxyl groups excluding tert-OH is 1. The van der Waals surface area contributed by atoms with Crippen molar-refractivity contribution in [1.82, 2.24) is 4.90 Å². The number of hydrogen-bond acceptors (Lipinski definition) is 4. The Balaban J connectivity index is 1.71. The molecule has 1 unspecified atom stereocenters. The maximum Gasteiger partial charge on any atom is 0.295 e. The summed E-state index contributed by atoms with van der Waals surface area (Å²) in [6.45, 7) is 6.79. The van der Waals surface area contributed by atoms with Gasteiger partial charge in [0.25, 0.3) is 11.7 Å². The molecular weight excluding hydrogens is 438 g/mol. The Bertz CT molecular complexity index is 1260. The Morgan fingerprint density at radius 3 is 2.34 bits per heavy atom. The van der Waals surface area contributed by atoms with Crippen LogP contribution in [0.15, 0.2) is 78.4 Å². The largest absolute Gasteiger partial charge is 0.507 e. The van der Waals surface area contributed by atoms with Gasteiger partial charge in [-0.25, -0.2) is 0 Å². The Hall–Kier alpha value is -3.86. The fourth-order valence-electron chi connectivity index (χ4n) is 4.51. The second kappa shape index (κ2) is 10.6. The molecule has 0 aromatic heterocycles. The molecule has 0 saturated carbocycles. The summed E-state index contributed by atoms with van der Waals surface area (Å²) < 4.78 is 5.96. The van der Waals surface area contributed by atoms with Gasteiger partial charge in [0.15, 0.2) is 0 Å². The van der Waals surface area contributed by atoms with E-state index >= 15 is 0 Å². The molecule has 1 amide bonds. The van der Waals surface area contributed by atoms with Crippen LogP contribution in [0.3, 0.4) is 0 Å². The maximum atomic E-state index is 13.2. The molecule has 1 saturated heterocycles. The molecule has 0 bridgehead atoms. The minimum atomic E-state index is -0.645. The summed E-state index contributed by atoms with van der Waals surface area (Å²) in [5.74, 6) is -0.667. The van der Waals surface area contributed by atoms with Gasteiger partial charge in [-0.05, 0) is 60.7 Å². The quantitative estimate of drug-likeness (QED) is 0.246. The maximum absolute atomic E-state index is 13.2. The Labute approximate surface area is 206 Å². The average Bonchev–Trinajstić information content (AvgIpc) is 3.11. The number of nitrogens with zero attached hydrogens (tertiary/aromatic N) is 1. The summed E-state index contributed by atoms with van der Waals surface area (Å²) in [6, 6.07) is 22.3. The fourth-order valence-corrected chi connectivity index (χ4v) is 4.51. The molecule has 0 aliphatic carbocycles. The summed E-state index contributed by atoms with van der Waals surface area (Å²) >= 11 is 0. The number of Topliss-reactive ketones (excluding diaryl/α,β-unsaturated/α-hetero) is 1. The molecule has 5 nitrogen and oxygen atoms in total. The summed E-state index contributed by atoms with van der Waals surface area (Å²) in [4.78, 5) is 27.8. The molecule has 1 N–H and O–H groups in total. The van der Waals surface area contributed by atoms with Crippen LogP contribution in [0, 0.1) is 13.8 Å². The number of hydrogen-bond donors (Lipinski definition) is 1. The lowest BCUT2D eigenvalue weighted by atomic mass is 9.92. The second-order valence-electron chi connectivity index (χ2n) is 8.96. The fraction of sp³-hybridized carbons (Fsp3) is 0.267. The molecule has 4 rings (SSSR count). The van der Waals surface area contributed by atoms with Crippen LogP contribution in [0.2, 0.25) is 0 Å². The smallest absolute Gasteiger partial charge is 0.295 e. The molecule has 3 aromatic carbocycles. The Morgan fingerprint density at radius 1 is 0.943 bits per heavy atom. The molecule has 0 radical (unpaired) electrons. The number of ketones is 1. The van der Waals surface area contributed by atoms with Crippen LogP contribution >= 0.6 is 0 Å². The third-order valence-corrected chi connectivity index (χ3v) is 6.46. The van der Waals surface area contributed by atoms with Gasteiger partial charge in [0.2, 0.25) is 0 Å². The molecule has 3 aromatic rings. The van der Waals surface area contributed by atoms with Gasteiger partial charge in [0.1, 0.15) is 18.1 Å². The van der Waals surface area contributed by atoms with Crippen molar-refractivity contribution < 1.29 is 19.4 Å². The molecule has 1 heterocycles. The van der Waals surface area contributed by atoms with E-state index in [2.05, 4.69) is 0 Å². The van der Waals surface area contributed by atoms with E-state index in [0.29, 0.717) is 24.5 Å². The van der Waals surface area contributed by atoms with Crippen molar-refractivity contribution >= 4 is 17.4 Å². The topological polar surface area (TPSA) is 66.8 Å². The lowest BCUT2D eigenvalue weighted by Gasteiger charge is -2.26. The van der Waals surface area contributed by atoms with Crippen molar-refractivity contribution in [3.63, 3.8) is 0 Å². The summed E-state index contributed by atoms with van der Waals surface area (Å²) in [6.07, 6.45) is 1.68. The molecule has 0 spiro atoms. The number of amides is 1. The van der Waals surface area contributed by atoms with Crippen molar-refractivity contribution in [3.8, 4) is 5.75 Å². The SMILES string of the molecule is CCCCN1C(=O)C(=O)/C(=C(/O)c2ccc(OCc3ccccc3)c(C)c2)C1c1ccccc1C. The number of ether oxygens (including phenoxy) is 1. The van der Waals surface area contributed by atoms with Crippen LogP contribution in [-0.2, 0) is 16.2 Å². The number of carbonyl (C=O) groups is 2. The van der Waals surface area contributed by atoms with E-state index in [9.17, 15) is 14.7 Å².